The fraction of sp³-hybridized carbons (Fsp3) is 0.500. The summed E-state index contributed by atoms with van der Waals surface area (Å²) in [5.41, 5.74) is 0.626. The number of fused-ring (bicyclic) bond motifs is 1. The molecule has 0 saturated carbocycles. The number of hydrogen-bond donors (Lipinski definition) is 2. The average molecular weight is 350 g/mol. The largest absolute Gasteiger partial charge is 0.358 e. The van der Waals surface area contributed by atoms with Crippen molar-refractivity contribution >= 4 is 21.8 Å². The summed E-state index contributed by atoms with van der Waals surface area (Å²) >= 11 is 0. The lowest BCUT2D eigenvalue weighted by Crippen LogP contribution is -2.36. The number of amides is 1. The molecular formula is C16H22N4O3S. The summed E-state index contributed by atoms with van der Waals surface area (Å²) in [6.07, 6.45) is 2.03. The van der Waals surface area contributed by atoms with Gasteiger partial charge in [0.15, 0.2) is 0 Å². The van der Waals surface area contributed by atoms with Gasteiger partial charge < -0.3 is 15.5 Å². The highest BCUT2D eigenvalue weighted by Gasteiger charge is 2.30. The molecule has 1 unspecified atom stereocenters. The van der Waals surface area contributed by atoms with Crippen molar-refractivity contribution in [3.8, 4) is 0 Å². The first-order chi connectivity index (χ1) is 11.5. The lowest BCUT2D eigenvalue weighted by atomic mass is 10.2. The van der Waals surface area contributed by atoms with Gasteiger partial charge in [0.1, 0.15) is 10.7 Å². The maximum absolute atomic E-state index is 12.1. The van der Waals surface area contributed by atoms with Crippen LogP contribution in [0.3, 0.4) is 0 Å². The zero-order valence-electron chi connectivity index (χ0n) is 13.7. The quantitative estimate of drug-likeness (QED) is 0.798. The second-order valence-corrected chi connectivity index (χ2v) is 7.74. The first-order valence-corrected chi connectivity index (χ1v) is 9.57. The van der Waals surface area contributed by atoms with Crippen molar-refractivity contribution in [1.82, 2.24) is 15.5 Å². The Kier molecular flexibility index (Phi) is 4.86. The number of sulfonamides is 1. The Bertz CT molecular complexity index is 754. The lowest BCUT2D eigenvalue weighted by molar-refractivity contribution is -0.121. The van der Waals surface area contributed by atoms with Crippen molar-refractivity contribution < 1.29 is 13.2 Å². The van der Waals surface area contributed by atoms with Gasteiger partial charge in [0, 0.05) is 38.2 Å². The first kappa shape index (κ1) is 16.9. The number of benzene rings is 1. The molecule has 0 spiro atoms. The van der Waals surface area contributed by atoms with Crippen LogP contribution in [0.1, 0.15) is 24.8 Å². The number of carbonyl (C=O) groups is 1. The van der Waals surface area contributed by atoms with E-state index in [0.717, 1.165) is 19.5 Å². The van der Waals surface area contributed by atoms with Crippen LogP contribution in [-0.4, -0.2) is 57.8 Å². The van der Waals surface area contributed by atoms with E-state index in [4.69, 9.17) is 0 Å². The normalized spacial score (nSPS) is 21.2. The highest BCUT2D eigenvalue weighted by atomic mass is 32.2. The van der Waals surface area contributed by atoms with Crippen molar-refractivity contribution in [1.29, 1.82) is 0 Å². The van der Waals surface area contributed by atoms with E-state index >= 15 is 0 Å². The predicted octanol–water partition coefficient (Wildman–Crippen LogP) is 0.326. The zero-order valence-corrected chi connectivity index (χ0v) is 14.5. The topological polar surface area (TPSA) is 90.9 Å². The molecule has 7 nitrogen and oxygen atoms in total. The summed E-state index contributed by atoms with van der Waals surface area (Å²) in [4.78, 5) is 14.0. The molecule has 0 radical (unpaired) electrons. The molecule has 24 heavy (non-hydrogen) atoms. The number of rotatable bonds is 5. The molecule has 8 heteroatoms. The van der Waals surface area contributed by atoms with Gasteiger partial charge in [-0.1, -0.05) is 12.1 Å². The third-order valence-corrected chi connectivity index (χ3v) is 5.62. The fourth-order valence-corrected chi connectivity index (χ4v) is 4.28. The van der Waals surface area contributed by atoms with Crippen LogP contribution in [0.5, 0.6) is 0 Å². The fourth-order valence-electron chi connectivity index (χ4n) is 3.02. The molecule has 1 fully saturated rings. The minimum absolute atomic E-state index is 0.0403. The number of hydrogen-bond acceptors (Lipinski definition) is 5. The number of nitrogens with zero attached hydrogens (tertiary/aromatic N) is 2. The Balaban J connectivity index is 1.54. The van der Waals surface area contributed by atoms with Crippen LogP contribution < -0.4 is 10.6 Å². The molecule has 130 valence electrons. The van der Waals surface area contributed by atoms with Crippen LogP contribution in [0.25, 0.3) is 0 Å². The average Bonchev–Trinajstić information content (AvgIpc) is 3.14. The van der Waals surface area contributed by atoms with Gasteiger partial charge in [-0.2, -0.15) is 8.42 Å². The Labute approximate surface area is 142 Å². The smallest absolute Gasteiger partial charge is 0.285 e. The van der Waals surface area contributed by atoms with Gasteiger partial charge in [0.25, 0.3) is 10.0 Å². The maximum Gasteiger partial charge on any atom is 0.285 e. The molecule has 1 aromatic carbocycles. The molecule has 2 N–H and O–H groups in total. The molecule has 0 bridgehead atoms. The van der Waals surface area contributed by atoms with Gasteiger partial charge in [0.05, 0.1) is 0 Å². The van der Waals surface area contributed by atoms with Crippen molar-refractivity contribution in [2.45, 2.75) is 30.2 Å². The van der Waals surface area contributed by atoms with Gasteiger partial charge in [-0.05, 0) is 31.5 Å². The van der Waals surface area contributed by atoms with E-state index in [9.17, 15) is 13.2 Å². The lowest BCUT2D eigenvalue weighted by Gasteiger charge is -2.19. The molecule has 2 aliphatic rings. The number of amidine groups is 1. The molecule has 1 atom stereocenters. The minimum Gasteiger partial charge on any atom is -0.358 e. The third-order valence-electron chi connectivity index (χ3n) is 4.30. The molecule has 0 aliphatic carbocycles. The predicted molar refractivity (Wildman–Crippen MR) is 91.4 cm³/mol. The summed E-state index contributed by atoms with van der Waals surface area (Å²) in [5.74, 6) is 0.490. The van der Waals surface area contributed by atoms with Crippen LogP contribution in [-0.2, 0) is 14.8 Å². The van der Waals surface area contributed by atoms with Crippen molar-refractivity contribution in [3.63, 3.8) is 0 Å². The summed E-state index contributed by atoms with van der Waals surface area (Å²) in [6, 6.07) is 7.04. The van der Waals surface area contributed by atoms with Gasteiger partial charge in [-0.15, -0.1) is 4.40 Å². The highest BCUT2D eigenvalue weighted by molar-refractivity contribution is 7.90. The third kappa shape index (κ3) is 3.59. The zero-order chi connectivity index (χ0) is 17.2. The summed E-state index contributed by atoms with van der Waals surface area (Å²) in [7, 11) is -1.80. The monoisotopic (exact) mass is 350 g/mol. The maximum atomic E-state index is 12.1. The summed E-state index contributed by atoms with van der Waals surface area (Å²) in [5, 5.41) is 6.22. The van der Waals surface area contributed by atoms with Crippen LogP contribution >= 0.6 is 0 Å². The van der Waals surface area contributed by atoms with E-state index in [0.29, 0.717) is 30.8 Å². The van der Waals surface area contributed by atoms with Crippen LogP contribution in [0.2, 0.25) is 0 Å². The Morgan fingerprint density at radius 2 is 2.21 bits per heavy atom. The van der Waals surface area contributed by atoms with Crippen LogP contribution in [0, 0.1) is 0 Å². The molecule has 3 rings (SSSR count). The van der Waals surface area contributed by atoms with Crippen molar-refractivity contribution in [2.75, 3.05) is 26.7 Å². The highest BCUT2D eigenvalue weighted by Crippen LogP contribution is 2.26. The second kappa shape index (κ2) is 6.90. The van der Waals surface area contributed by atoms with Crippen LogP contribution in [0.4, 0.5) is 0 Å². The van der Waals surface area contributed by atoms with E-state index in [2.05, 4.69) is 15.0 Å². The Morgan fingerprint density at radius 3 is 2.96 bits per heavy atom. The Morgan fingerprint density at radius 1 is 1.42 bits per heavy atom. The minimum atomic E-state index is -3.60. The van der Waals surface area contributed by atoms with Gasteiger partial charge >= 0.3 is 0 Å². The van der Waals surface area contributed by atoms with E-state index < -0.39 is 10.0 Å². The van der Waals surface area contributed by atoms with Crippen molar-refractivity contribution in [3.05, 3.63) is 29.8 Å². The SMILES string of the molecule is CN(CCCC(=O)NC1CCNC1)C1=NS(=O)(=O)c2ccccc21. The molecular weight excluding hydrogens is 328 g/mol. The number of nitrogens with one attached hydrogen (secondary N) is 2. The molecule has 2 heterocycles. The molecule has 2 aliphatic heterocycles. The summed E-state index contributed by atoms with van der Waals surface area (Å²) in [6.45, 7) is 2.34. The summed E-state index contributed by atoms with van der Waals surface area (Å²) < 4.78 is 28.0. The van der Waals surface area contributed by atoms with Crippen molar-refractivity contribution in [2.24, 2.45) is 4.40 Å². The molecule has 1 amide bonds. The van der Waals surface area contributed by atoms with Gasteiger partial charge in [-0.25, -0.2) is 0 Å². The molecule has 1 saturated heterocycles. The Hall–Kier alpha value is -1.93. The molecule has 0 aromatic heterocycles. The van der Waals surface area contributed by atoms with Crippen LogP contribution in [0.15, 0.2) is 33.6 Å². The van der Waals surface area contributed by atoms with E-state index in [1.165, 1.54) is 0 Å². The van der Waals surface area contributed by atoms with E-state index in [-0.39, 0.29) is 16.8 Å². The van der Waals surface area contributed by atoms with E-state index in [1.54, 1.807) is 36.2 Å². The second-order valence-electron chi connectivity index (χ2n) is 6.17. The standard InChI is InChI=1S/C16H22N4O3S/c1-20(10-4-7-15(21)18-12-8-9-17-11-12)16-13-5-2-3-6-14(13)24(22,23)19-16/h2-3,5-6,12,17H,4,7-11H2,1H3,(H,18,21). The molecule has 1 aromatic rings. The van der Waals surface area contributed by atoms with Gasteiger partial charge in [-0.3, -0.25) is 4.79 Å². The van der Waals surface area contributed by atoms with E-state index in [1.807, 2.05) is 0 Å². The van der Waals surface area contributed by atoms with Gasteiger partial charge in [0.2, 0.25) is 5.91 Å². The first-order valence-electron chi connectivity index (χ1n) is 8.13. The number of carbonyl (C=O) groups excluding carboxylic acids is 1.